The molecular formula is C22H26N2O2. The van der Waals surface area contributed by atoms with Crippen molar-refractivity contribution in [1.29, 1.82) is 0 Å². The zero-order valence-electron chi connectivity index (χ0n) is 15.3. The summed E-state index contributed by atoms with van der Waals surface area (Å²) in [6.45, 7) is 0.445. The molecule has 26 heavy (non-hydrogen) atoms. The molecule has 4 nitrogen and oxygen atoms in total. The molecule has 2 aromatic rings. The molecule has 2 aromatic carbocycles. The maximum Gasteiger partial charge on any atom is 0.253 e. The standard InChI is InChI=1S/C22H26N2O2/c1-24(20-10-6-3-7-11-20)22(26)19-14-12-17(13-15-19)16-23-21(25)18-8-4-2-5-9-18/h2,4-5,8-9,12-15,20H,3,6-7,10-11,16H2,1H3,(H,23,25). The van der Waals surface area contributed by atoms with E-state index in [-0.39, 0.29) is 11.8 Å². The van der Waals surface area contributed by atoms with E-state index in [4.69, 9.17) is 0 Å². The number of carbonyl (C=O) groups excluding carboxylic acids is 2. The SMILES string of the molecule is CN(C(=O)c1ccc(CNC(=O)c2ccccc2)cc1)C1CCCCC1. The van der Waals surface area contributed by atoms with Gasteiger partial charge in [-0.05, 0) is 42.7 Å². The van der Waals surface area contributed by atoms with Crippen molar-refractivity contribution in [3.63, 3.8) is 0 Å². The van der Waals surface area contributed by atoms with Gasteiger partial charge in [0.05, 0.1) is 0 Å². The number of carbonyl (C=O) groups is 2. The summed E-state index contributed by atoms with van der Waals surface area (Å²) in [5, 5.41) is 2.90. The summed E-state index contributed by atoms with van der Waals surface area (Å²) >= 11 is 0. The summed E-state index contributed by atoms with van der Waals surface area (Å²) in [5.41, 5.74) is 2.33. The number of rotatable bonds is 5. The fourth-order valence-corrected chi connectivity index (χ4v) is 3.48. The maximum atomic E-state index is 12.7. The molecule has 136 valence electrons. The van der Waals surface area contributed by atoms with Gasteiger partial charge in [0.2, 0.25) is 0 Å². The Morgan fingerprint density at radius 1 is 0.923 bits per heavy atom. The average molecular weight is 350 g/mol. The maximum absolute atomic E-state index is 12.7. The van der Waals surface area contributed by atoms with Crippen LogP contribution in [0.1, 0.15) is 58.4 Å². The van der Waals surface area contributed by atoms with Crippen LogP contribution in [0.25, 0.3) is 0 Å². The van der Waals surface area contributed by atoms with Crippen LogP contribution in [0.5, 0.6) is 0 Å². The Morgan fingerprint density at radius 3 is 2.23 bits per heavy atom. The highest BCUT2D eigenvalue weighted by molar-refractivity contribution is 5.95. The van der Waals surface area contributed by atoms with Crippen LogP contribution < -0.4 is 5.32 Å². The molecule has 3 rings (SSSR count). The molecule has 0 bridgehead atoms. The molecule has 0 atom stereocenters. The van der Waals surface area contributed by atoms with Gasteiger partial charge in [-0.25, -0.2) is 0 Å². The van der Waals surface area contributed by atoms with Crippen molar-refractivity contribution in [3.05, 3.63) is 71.3 Å². The molecule has 0 saturated heterocycles. The van der Waals surface area contributed by atoms with Gasteiger partial charge in [0.25, 0.3) is 11.8 Å². The summed E-state index contributed by atoms with van der Waals surface area (Å²) in [4.78, 5) is 26.6. The van der Waals surface area contributed by atoms with Gasteiger partial charge >= 0.3 is 0 Å². The van der Waals surface area contributed by atoms with Crippen LogP contribution in [-0.2, 0) is 6.54 Å². The van der Waals surface area contributed by atoms with Crippen LogP contribution in [0, 0.1) is 0 Å². The Balaban J connectivity index is 1.56. The summed E-state index contributed by atoms with van der Waals surface area (Å²) in [6, 6.07) is 17.0. The Kier molecular flexibility index (Phi) is 6.05. The Bertz CT molecular complexity index is 734. The zero-order chi connectivity index (χ0) is 18.4. The van der Waals surface area contributed by atoms with Gasteiger partial charge in [-0.15, -0.1) is 0 Å². The molecule has 1 N–H and O–H groups in total. The van der Waals surface area contributed by atoms with E-state index in [1.165, 1.54) is 19.3 Å². The van der Waals surface area contributed by atoms with E-state index in [0.717, 1.165) is 18.4 Å². The summed E-state index contributed by atoms with van der Waals surface area (Å²) in [7, 11) is 1.91. The van der Waals surface area contributed by atoms with Gasteiger partial charge in [0.15, 0.2) is 0 Å². The van der Waals surface area contributed by atoms with Crippen molar-refractivity contribution < 1.29 is 9.59 Å². The molecule has 0 radical (unpaired) electrons. The Morgan fingerprint density at radius 2 is 1.58 bits per heavy atom. The molecule has 0 unspecified atom stereocenters. The Labute approximate surface area is 155 Å². The zero-order valence-corrected chi connectivity index (χ0v) is 15.3. The number of amides is 2. The Hall–Kier alpha value is -2.62. The molecule has 4 heteroatoms. The van der Waals surface area contributed by atoms with Gasteiger partial charge in [0, 0.05) is 30.8 Å². The monoisotopic (exact) mass is 350 g/mol. The van der Waals surface area contributed by atoms with Crippen molar-refractivity contribution in [2.45, 2.75) is 44.7 Å². The quantitative estimate of drug-likeness (QED) is 0.885. The van der Waals surface area contributed by atoms with Gasteiger partial charge in [-0.2, -0.15) is 0 Å². The highest BCUT2D eigenvalue weighted by atomic mass is 16.2. The van der Waals surface area contributed by atoms with Gasteiger partial charge in [-0.1, -0.05) is 49.6 Å². The van der Waals surface area contributed by atoms with Gasteiger partial charge in [0.1, 0.15) is 0 Å². The van der Waals surface area contributed by atoms with Crippen LogP contribution in [0.3, 0.4) is 0 Å². The van der Waals surface area contributed by atoms with E-state index < -0.39 is 0 Å². The minimum Gasteiger partial charge on any atom is -0.348 e. The van der Waals surface area contributed by atoms with E-state index in [1.54, 1.807) is 12.1 Å². The molecule has 0 heterocycles. The third-order valence-corrected chi connectivity index (χ3v) is 5.13. The van der Waals surface area contributed by atoms with Crippen LogP contribution >= 0.6 is 0 Å². The molecule has 2 amide bonds. The fourth-order valence-electron chi connectivity index (χ4n) is 3.48. The second-order valence-electron chi connectivity index (χ2n) is 6.95. The average Bonchev–Trinajstić information content (AvgIpc) is 2.72. The molecule has 0 aromatic heterocycles. The van der Waals surface area contributed by atoms with Gasteiger partial charge in [-0.3, -0.25) is 9.59 Å². The highest BCUT2D eigenvalue weighted by Crippen LogP contribution is 2.23. The van der Waals surface area contributed by atoms with Crippen LogP contribution in [0.2, 0.25) is 0 Å². The predicted molar refractivity (Wildman–Crippen MR) is 103 cm³/mol. The lowest BCUT2D eigenvalue weighted by Gasteiger charge is -2.31. The van der Waals surface area contributed by atoms with Crippen molar-refractivity contribution in [2.24, 2.45) is 0 Å². The number of hydrogen-bond acceptors (Lipinski definition) is 2. The minimum absolute atomic E-state index is 0.0803. The second kappa shape index (κ2) is 8.65. The number of hydrogen-bond donors (Lipinski definition) is 1. The summed E-state index contributed by atoms with van der Waals surface area (Å²) in [5.74, 6) is -0.0143. The van der Waals surface area contributed by atoms with Crippen LogP contribution in [0.4, 0.5) is 0 Å². The molecular weight excluding hydrogens is 324 g/mol. The lowest BCUT2D eigenvalue weighted by Crippen LogP contribution is -2.38. The second-order valence-corrected chi connectivity index (χ2v) is 6.95. The highest BCUT2D eigenvalue weighted by Gasteiger charge is 2.22. The molecule has 1 fully saturated rings. The third kappa shape index (κ3) is 4.51. The largest absolute Gasteiger partial charge is 0.348 e. The van der Waals surface area contributed by atoms with Crippen molar-refractivity contribution in [2.75, 3.05) is 7.05 Å². The lowest BCUT2D eigenvalue weighted by atomic mass is 9.94. The van der Waals surface area contributed by atoms with Crippen LogP contribution in [0.15, 0.2) is 54.6 Å². The first-order valence-electron chi connectivity index (χ1n) is 9.34. The van der Waals surface area contributed by atoms with Gasteiger partial charge < -0.3 is 10.2 Å². The summed E-state index contributed by atoms with van der Waals surface area (Å²) in [6.07, 6.45) is 5.91. The first-order chi connectivity index (χ1) is 12.6. The molecule has 1 aliphatic carbocycles. The van der Waals surface area contributed by atoms with Crippen molar-refractivity contribution in [1.82, 2.24) is 10.2 Å². The van der Waals surface area contributed by atoms with Crippen molar-refractivity contribution in [3.8, 4) is 0 Å². The minimum atomic E-state index is -0.0946. The van der Waals surface area contributed by atoms with E-state index in [9.17, 15) is 9.59 Å². The van der Waals surface area contributed by atoms with Crippen molar-refractivity contribution >= 4 is 11.8 Å². The third-order valence-electron chi connectivity index (χ3n) is 5.13. The molecule has 0 aliphatic heterocycles. The molecule has 0 spiro atoms. The normalized spacial score (nSPS) is 14.7. The van der Waals surface area contributed by atoms with E-state index >= 15 is 0 Å². The first-order valence-corrected chi connectivity index (χ1v) is 9.34. The first kappa shape index (κ1) is 18.2. The molecule has 1 saturated carbocycles. The summed E-state index contributed by atoms with van der Waals surface area (Å²) < 4.78 is 0. The van der Waals surface area contributed by atoms with Crippen LogP contribution in [-0.4, -0.2) is 29.8 Å². The molecule has 1 aliphatic rings. The van der Waals surface area contributed by atoms with E-state index in [1.807, 2.05) is 54.4 Å². The van der Waals surface area contributed by atoms with E-state index in [0.29, 0.717) is 23.7 Å². The topological polar surface area (TPSA) is 49.4 Å². The fraction of sp³-hybridized carbons (Fsp3) is 0.364. The lowest BCUT2D eigenvalue weighted by molar-refractivity contribution is 0.0696. The van der Waals surface area contributed by atoms with E-state index in [2.05, 4.69) is 5.32 Å². The number of nitrogens with one attached hydrogen (secondary N) is 1. The number of nitrogens with zero attached hydrogens (tertiary/aromatic N) is 1. The number of benzene rings is 2. The predicted octanol–water partition coefficient (Wildman–Crippen LogP) is 4.02. The smallest absolute Gasteiger partial charge is 0.253 e.